The van der Waals surface area contributed by atoms with Crippen molar-refractivity contribution < 1.29 is 18.7 Å². The predicted octanol–water partition coefficient (Wildman–Crippen LogP) is 3.98. The molecule has 7 nitrogen and oxygen atoms in total. The van der Waals surface area contributed by atoms with Gasteiger partial charge in [0, 0.05) is 31.2 Å². The van der Waals surface area contributed by atoms with Crippen LogP contribution in [0.25, 0.3) is 0 Å². The Bertz CT molecular complexity index is 1100. The lowest BCUT2D eigenvalue weighted by molar-refractivity contribution is 0.0678. The topological polar surface area (TPSA) is 84.7 Å². The van der Waals surface area contributed by atoms with Gasteiger partial charge in [0.15, 0.2) is 5.76 Å². The molecule has 0 saturated carbocycles. The van der Waals surface area contributed by atoms with Crippen LogP contribution in [0.15, 0.2) is 59.2 Å². The number of aromatic nitrogens is 1. The van der Waals surface area contributed by atoms with Crippen LogP contribution in [0.1, 0.15) is 56.6 Å². The number of methoxy groups -OCH3 is 1. The Morgan fingerprint density at radius 2 is 1.91 bits per heavy atom. The first-order valence-corrected chi connectivity index (χ1v) is 11.3. The van der Waals surface area contributed by atoms with E-state index in [0.29, 0.717) is 37.4 Å². The van der Waals surface area contributed by atoms with E-state index >= 15 is 0 Å². The summed E-state index contributed by atoms with van der Waals surface area (Å²) in [7, 11) is 1.65. The van der Waals surface area contributed by atoms with Gasteiger partial charge in [-0.1, -0.05) is 18.2 Å². The van der Waals surface area contributed by atoms with Crippen molar-refractivity contribution in [1.29, 1.82) is 0 Å². The van der Waals surface area contributed by atoms with E-state index in [4.69, 9.17) is 14.1 Å². The molecule has 0 unspecified atom stereocenters. The van der Waals surface area contributed by atoms with Crippen molar-refractivity contribution in [3.8, 4) is 5.75 Å². The molecule has 2 aromatic heterocycles. The van der Waals surface area contributed by atoms with Crippen molar-refractivity contribution in [2.24, 2.45) is 0 Å². The monoisotopic (exact) mass is 447 g/mol. The SMILES string of the molecule is COc1ccccc1CCNC(=O)c1ccc(C)nc1C1CCN(C(=O)c2ccco2)CC1. The number of piperidine rings is 1. The van der Waals surface area contributed by atoms with Gasteiger partial charge < -0.3 is 19.4 Å². The fourth-order valence-corrected chi connectivity index (χ4v) is 4.31. The van der Waals surface area contributed by atoms with E-state index in [1.165, 1.54) is 6.26 Å². The smallest absolute Gasteiger partial charge is 0.289 e. The number of benzene rings is 1. The maximum atomic E-state index is 13.0. The Balaban J connectivity index is 1.40. The van der Waals surface area contributed by atoms with Crippen LogP contribution < -0.4 is 10.1 Å². The Labute approximate surface area is 193 Å². The molecule has 1 fully saturated rings. The summed E-state index contributed by atoms with van der Waals surface area (Å²) in [6.07, 6.45) is 3.70. The number of amides is 2. The van der Waals surface area contributed by atoms with Crippen LogP contribution in [-0.4, -0.2) is 48.4 Å². The first kappa shape index (κ1) is 22.6. The lowest BCUT2D eigenvalue weighted by Crippen LogP contribution is -2.38. The molecule has 172 valence electrons. The normalized spacial score (nSPS) is 14.2. The minimum Gasteiger partial charge on any atom is -0.496 e. The van der Waals surface area contributed by atoms with Crippen LogP contribution in [0.5, 0.6) is 5.75 Å². The molecule has 3 aromatic rings. The van der Waals surface area contributed by atoms with Gasteiger partial charge in [-0.25, -0.2) is 0 Å². The first-order chi connectivity index (χ1) is 16.1. The van der Waals surface area contributed by atoms with Gasteiger partial charge in [0.2, 0.25) is 0 Å². The summed E-state index contributed by atoms with van der Waals surface area (Å²) >= 11 is 0. The lowest BCUT2D eigenvalue weighted by atomic mass is 9.89. The maximum Gasteiger partial charge on any atom is 0.289 e. The summed E-state index contributed by atoms with van der Waals surface area (Å²) in [5.41, 5.74) is 3.35. The van der Waals surface area contributed by atoms with Crippen molar-refractivity contribution >= 4 is 11.8 Å². The number of rotatable bonds is 7. The molecule has 0 bridgehead atoms. The summed E-state index contributed by atoms with van der Waals surface area (Å²) in [6, 6.07) is 14.9. The molecule has 0 spiro atoms. The summed E-state index contributed by atoms with van der Waals surface area (Å²) in [4.78, 5) is 32.1. The van der Waals surface area contributed by atoms with E-state index < -0.39 is 0 Å². The molecule has 2 amide bonds. The number of pyridine rings is 1. The number of hydrogen-bond acceptors (Lipinski definition) is 5. The molecule has 0 atom stereocenters. The van der Waals surface area contributed by atoms with Crippen molar-refractivity contribution in [2.45, 2.75) is 32.1 Å². The number of carbonyl (C=O) groups is 2. The third kappa shape index (κ3) is 5.25. The fourth-order valence-electron chi connectivity index (χ4n) is 4.31. The zero-order valence-electron chi connectivity index (χ0n) is 19.0. The van der Waals surface area contributed by atoms with Gasteiger partial charge in [-0.15, -0.1) is 0 Å². The van der Waals surface area contributed by atoms with Crippen LogP contribution in [0.4, 0.5) is 0 Å². The molecule has 0 aliphatic carbocycles. The third-order valence-corrected chi connectivity index (χ3v) is 6.08. The molecule has 33 heavy (non-hydrogen) atoms. The van der Waals surface area contributed by atoms with Gasteiger partial charge in [0.1, 0.15) is 5.75 Å². The molecule has 1 saturated heterocycles. The van der Waals surface area contributed by atoms with Crippen LogP contribution >= 0.6 is 0 Å². The van der Waals surface area contributed by atoms with Gasteiger partial charge in [-0.2, -0.15) is 0 Å². The molecule has 4 rings (SSSR count). The second-order valence-corrected chi connectivity index (χ2v) is 8.25. The van der Waals surface area contributed by atoms with Crippen molar-refractivity contribution in [3.05, 3.63) is 83.1 Å². The van der Waals surface area contributed by atoms with Crippen molar-refractivity contribution in [3.63, 3.8) is 0 Å². The highest BCUT2D eigenvalue weighted by Crippen LogP contribution is 2.30. The number of nitrogens with zero attached hydrogens (tertiary/aromatic N) is 2. The van der Waals surface area contributed by atoms with Crippen LogP contribution in [0, 0.1) is 6.92 Å². The Morgan fingerprint density at radius 3 is 2.64 bits per heavy atom. The Morgan fingerprint density at radius 1 is 1.12 bits per heavy atom. The fraction of sp³-hybridized carbons (Fsp3) is 0.346. The highest BCUT2D eigenvalue weighted by molar-refractivity contribution is 5.95. The number of furan rings is 1. The molecular formula is C26H29N3O4. The first-order valence-electron chi connectivity index (χ1n) is 11.3. The van der Waals surface area contributed by atoms with Crippen LogP contribution in [0.3, 0.4) is 0 Å². The van der Waals surface area contributed by atoms with Gasteiger partial charge in [-0.3, -0.25) is 14.6 Å². The zero-order chi connectivity index (χ0) is 23.2. The molecule has 1 aliphatic heterocycles. The lowest BCUT2D eigenvalue weighted by Gasteiger charge is -2.32. The molecule has 1 aromatic carbocycles. The number of ether oxygens (including phenoxy) is 1. The average Bonchev–Trinajstić information content (AvgIpc) is 3.39. The quantitative estimate of drug-likeness (QED) is 0.592. The van der Waals surface area contributed by atoms with Crippen LogP contribution in [-0.2, 0) is 6.42 Å². The number of likely N-dealkylation sites (tertiary alicyclic amines) is 1. The summed E-state index contributed by atoms with van der Waals surface area (Å²) < 4.78 is 10.6. The van der Waals surface area contributed by atoms with Gasteiger partial charge in [0.05, 0.1) is 24.6 Å². The van der Waals surface area contributed by atoms with E-state index in [1.54, 1.807) is 24.1 Å². The van der Waals surface area contributed by atoms with Crippen molar-refractivity contribution in [2.75, 3.05) is 26.7 Å². The molecular weight excluding hydrogens is 418 g/mol. The minimum absolute atomic E-state index is 0.0926. The third-order valence-electron chi connectivity index (χ3n) is 6.08. The van der Waals surface area contributed by atoms with Gasteiger partial charge in [-0.05, 0) is 62.1 Å². The number of carbonyl (C=O) groups excluding carboxylic acids is 2. The van der Waals surface area contributed by atoms with E-state index in [2.05, 4.69) is 5.32 Å². The van der Waals surface area contributed by atoms with E-state index in [-0.39, 0.29) is 17.7 Å². The van der Waals surface area contributed by atoms with Gasteiger partial charge in [0.25, 0.3) is 11.8 Å². The van der Waals surface area contributed by atoms with E-state index in [9.17, 15) is 9.59 Å². The number of hydrogen-bond donors (Lipinski definition) is 1. The molecule has 1 aliphatic rings. The largest absolute Gasteiger partial charge is 0.496 e. The summed E-state index contributed by atoms with van der Waals surface area (Å²) in [5, 5.41) is 3.03. The summed E-state index contributed by atoms with van der Waals surface area (Å²) in [6.45, 7) is 3.65. The molecule has 0 radical (unpaired) electrons. The average molecular weight is 448 g/mol. The number of nitrogens with one attached hydrogen (secondary N) is 1. The molecule has 7 heteroatoms. The summed E-state index contributed by atoms with van der Waals surface area (Å²) in [5.74, 6) is 1.09. The van der Waals surface area contributed by atoms with E-state index in [0.717, 1.165) is 35.5 Å². The second-order valence-electron chi connectivity index (χ2n) is 8.25. The van der Waals surface area contributed by atoms with E-state index in [1.807, 2.05) is 43.3 Å². The predicted molar refractivity (Wildman–Crippen MR) is 125 cm³/mol. The van der Waals surface area contributed by atoms with Crippen LogP contribution in [0.2, 0.25) is 0 Å². The maximum absolute atomic E-state index is 13.0. The highest BCUT2D eigenvalue weighted by Gasteiger charge is 2.29. The molecule has 1 N–H and O–H groups in total. The standard InChI is InChI=1S/C26H29N3O4/c1-18-9-10-21(25(30)27-14-11-19-6-3-4-7-22(19)32-2)24(28-18)20-12-15-29(16-13-20)26(31)23-8-5-17-33-23/h3-10,17,20H,11-16H2,1-2H3,(H,27,30). The second kappa shape index (κ2) is 10.3. The zero-order valence-corrected chi connectivity index (χ0v) is 19.0. The highest BCUT2D eigenvalue weighted by atomic mass is 16.5. The van der Waals surface area contributed by atoms with Gasteiger partial charge >= 0.3 is 0 Å². The number of aryl methyl sites for hydroxylation is 1. The number of para-hydroxylation sites is 1. The Kier molecular flexibility index (Phi) is 7.07. The molecule has 3 heterocycles. The minimum atomic E-state index is -0.124. The van der Waals surface area contributed by atoms with Crippen molar-refractivity contribution in [1.82, 2.24) is 15.2 Å². The Hall–Kier alpha value is -3.61.